The van der Waals surface area contributed by atoms with Gasteiger partial charge < -0.3 is 0 Å². The molecule has 0 aliphatic rings. The first kappa shape index (κ1) is 17.2. The van der Waals surface area contributed by atoms with Crippen molar-refractivity contribution in [1.29, 1.82) is 0 Å². The Labute approximate surface area is 159 Å². The van der Waals surface area contributed by atoms with E-state index < -0.39 is 0 Å². The third-order valence-electron chi connectivity index (χ3n) is 5.23. The zero-order chi connectivity index (χ0) is 19.9. The van der Waals surface area contributed by atoms with E-state index in [2.05, 4.69) is 76.9 Å². The maximum absolute atomic E-state index is 8.42. The van der Waals surface area contributed by atoms with Crippen LogP contribution < -0.4 is 4.57 Å². The van der Waals surface area contributed by atoms with Crippen molar-refractivity contribution < 1.29 is 5.94 Å². The topological polar surface area (TPSA) is 16.8 Å². The Morgan fingerprint density at radius 1 is 1.08 bits per heavy atom. The average molecular weight is 349 g/mol. The maximum atomic E-state index is 8.42. The van der Waals surface area contributed by atoms with E-state index in [1.807, 2.05) is 11.6 Å². The quantitative estimate of drug-likeness (QED) is 0.555. The number of hydrogen-bond donors (Lipinski definition) is 0. The molecule has 0 bridgehead atoms. The third-order valence-corrected chi connectivity index (χ3v) is 5.23. The first-order valence-electron chi connectivity index (χ1n) is 10.1. The van der Waals surface area contributed by atoms with Crippen molar-refractivity contribution in [2.24, 2.45) is 13.0 Å². The summed E-state index contributed by atoms with van der Waals surface area (Å²) in [6.07, 6.45) is 1.33. The third kappa shape index (κ3) is 3.51. The van der Waals surface area contributed by atoms with Gasteiger partial charge in [-0.25, -0.2) is 4.57 Å². The van der Waals surface area contributed by atoms with Crippen LogP contribution in [0.5, 0.6) is 0 Å². The van der Waals surface area contributed by atoms with Crippen molar-refractivity contribution in [3.63, 3.8) is 0 Å². The molecule has 1 aromatic heterocycles. The molecule has 2 nitrogen and oxygen atoms in total. The zero-order valence-corrected chi connectivity index (χ0v) is 17.1. The second-order valence-electron chi connectivity index (χ2n) is 8.23. The van der Waals surface area contributed by atoms with Crippen LogP contribution in [0.4, 0.5) is 0 Å². The van der Waals surface area contributed by atoms with E-state index in [-0.39, 0.29) is 0 Å². The van der Waals surface area contributed by atoms with Gasteiger partial charge in [-0.2, -0.15) is 0 Å². The van der Waals surface area contributed by atoms with Gasteiger partial charge in [0.25, 0.3) is 6.30 Å². The second kappa shape index (κ2) is 7.19. The SMILES string of the molecule is [2H]c1nc2cc(CC(C)C)ccc2c(-c2cc(C(C)C)cc(C)c2C)[n+]1C. The lowest BCUT2D eigenvalue weighted by atomic mass is 9.91. The molecule has 2 aromatic carbocycles. The number of aromatic nitrogens is 2. The molecule has 0 saturated heterocycles. The second-order valence-corrected chi connectivity index (χ2v) is 8.23. The van der Waals surface area contributed by atoms with Crippen LogP contribution in [0.25, 0.3) is 22.2 Å². The highest BCUT2D eigenvalue weighted by Crippen LogP contribution is 2.32. The summed E-state index contributed by atoms with van der Waals surface area (Å²) in [6.45, 7) is 13.3. The molecule has 3 aromatic rings. The van der Waals surface area contributed by atoms with Crippen LogP contribution in [-0.4, -0.2) is 4.98 Å². The predicted molar refractivity (Wildman–Crippen MR) is 110 cm³/mol. The Balaban J connectivity index is 2.33. The smallest absolute Gasteiger partial charge is 0.232 e. The molecule has 0 unspecified atom stereocenters. The molecule has 0 aliphatic carbocycles. The molecule has 0 aliphatic heterocycles. The highest BCUT2D eigenvalue weighted by molar-refractivity contribution is 5.92. The fourth-order valence-corrected chi connectivity index (χ4v) is 3.62. The Kier molecular flexibility index (Phi) is 4.76. The normalized spacial score (nSPS) is 12.3. The van der Waals surface area contributed by atoms with Crippen molar-refractivity contribution in [3.8, 4) is 11.3 Å². The first-order valence-corrected chi connectivity index (χ1v) is 9.59. The van der Waals surface area contributed by atoms with Crippen LogP contribution in [-0.2, 0) is 13.5 Å². The van der Waals surface area contributed by atoms with E-state index in [0.29, 0.717) is 18.1 Å². The standard InChI is InChI=1S/C24H31N2/c1-15(2)10-19-8-9-21-23(12-19)25-14-26(7)24(21)22-13-20(16(3)4)11-17(5)18(22)6/h8-9,11-16H,10H2,1-7H3/q+1/i14D. The Bertz CT molecular complexity index is 1000. The average Bonchev–Trinajstić information content (AvgIpc) is 2.58. The molecule has 0 N–H and O–H groups in total. The lowest BCUT2D eigenvalue weighted by molar-refractivity contribution is -0.662. The summed E-state index contributed by atoms with van der Waals surface area (Å²) in [5.74, 6) is 1.07. The lowest BCUT2D eigenvalue weighted by Gasteiger charge is -2.15. The summed E-state index contributed by atoms with van der Waals surface area (Å²) in [6, 6.07) is 11.1. The molecule has 1 heterocycles. The Morgan fingerprint density at radius 2 is 1.81 bits per heavy atom. The fourth-order valence-electron chi connectivity index (χ4n) is 3.62. The summed E-state index contributed by atoms with van der Waals surface area (Å²) in [5, 5.41) is 1.12. The first-order chi connectivity index (χ1) is 12.7. The van der Waals surface area contributed by atoms with Crippen molar-refractivity contribution in [2.75, 3.05) is 0 Å². The molecule has 0 radical (unpaired) electrons. The molecule has 3 rings (SSSR count). The highest BCUT2D eigenvalue weighted by atomic mass is 15.0. The van der Waals surface area contributed by atoms with Crippen molar-refractivity contribution in [3.05, 3.63) is 58.9 Å². The van der Waals surface area contributed by atoms with Gasteiger partial charge in [-0.3, -0.25) is 0 Å². The molecule has 136 valence electrons. The number of rotatable bonds is 4. The van der Waals surface area contributed by atoms with Gasteiger partial charge in [0, 0.05) is 5.56 Å². The largest absolute Gasteiger partial charge is 0.287 e. The van der Waals surface area contributed by atoms with E-state index in [1.54, 1.807) is 0 Å². The predicted octanol–water partition coefficient (Wildman–Crippen LogP) is 5.67. The molecular formula is C24H31N2+. The molecule has 0 amide bonds. The molecule has 0 fully saturated rings. The van der Waals surface area contributed by atoms with Crippen LogP contribution in [0.3, 0.4) is 0 Å². The van der Waals surface area contributed by atoms with E-state index in [9.17, 15) is 0 Å². The summed E-state index contributed by atoms with van der Waals surface area (Å²) in [7, 11) is 1.95. The summed E-state index contributed by atoms with van der Waals surface area (Å²) in [5.41, 5.74) is 8.40. The maximum Gasteiger partial charge on any atom is 0.287 e. The van der Waals surface area contributed by atoms with Crippen LogP contribution >= 0.6 is 0 Å². The fraction of sp³-hybridized carbons (Fsp3) is 0.417. The molecule has 0 atom stereocenters. The Hall–Kier alpha value is -2.22. The number of nitrogens with zero attached hydrogens (tertiary/aromatic N) is 2. The van der Waals surface area contributed by atoms with Crippen LogP contribution in [0.1, 0.15) is 57.2 Å². The number of aryl methyl sites for hydroxylation is 1. The monoisotopic (exact) mass is 348 g/mol. The van der Waals surface area contributed by atoms with Gasteiger partial charge in [0.05, 0.1) is 12.4 Å². The van der Waals surface area contributed by atoms with Crippen molar-refractivity contribution >= 4 is 10.9 Å². The van der Waals surface area contributed by atoms with E-state index >= 15 is 0 Å². The Morgan fingerprint density at radius 3 is 2.46 bits per heavy atom. The van der Waals surface area contributed by atoms with Crippen LogP contribution in [0, 0.1) is 19.8 Å². The summed E-state index contributed by atoms with van der Waals surface area (Å²) >= 11 is 0. The van der Waals surface area contributed by atoms with E-state index in [4.69, 9.17) is 1.37 Å². The minimum atomic E-state index is 0.297. The zero-order valence-electron chi connectivity index (χ0n) is 18.1. The molecule has 0 spiro atoms. The van der Waals surface area contributed by atoms with Crippen LogP contribution in [0.2, 0.25) is 0 Å². The summed E-state index contributed by atoms with van der Waals surface area (Å²) in [4.78, 5) is 4.57. The van der Waals surface area contributed by atoms with Gasteiger partial charge in [-0.1, -0.05) is 39.8 Å². The summed E-state index contributed by atoms with van der Waals surface area (Å²) < 4.78 is 10.3. The minimum absolute atomic E-state index is 0.297. The van der Waals surface area contributed by atoms with Crippen LogP contribution in [0.15, 0.2) is 36.6 Å². The number of benzene rings is 2. The number of hydrogen-bond acceptors (Lipinski definition) is 1. The van der Waals surface area contributed by atoms with Crippen molar-refractivity contribution in [2.45, 2.75) is 53.9 Å². The van der Waals surface area contributed by atoms with Gasteiger partial charge in [0.15, 0.2) is 6.89 Å². The molecular weight excluding hydrogens is 316 g/mol. The van der Waals surface area contributed by atoms with Gasteiger partial charge in [0.2, 0.25) is 0 Å². The number of fused-ring (bicyclic) bond motifs is 1. The molecule has 26 heavy (non-hydrogen) atoms. The lowest BCUT2D eigenvalue weighted by Crippen LogP contribution is -2.32. The van der Waals surface area contributed by atoms with E-state index in [1.165, 1.54) is 27.8 Å². The highest BCUT2D eigenvalue weighted by Gasteiger charge is 2.19. The van der Waals surface area contributed by atoms with E-state index in [0.717, 1.165) is 23.0 Å². The van der Waals surface area contributed by atoms with Gasteiger partial charge >= 0.3 is 0 Å². The molecule has 0 saturated carbocycles. The minimum Gasteiger partial charge on any atom is -0.232 e. The van der Waals surface area contributed by atoms with Crippen molar-refractivity contribution in [1.82, 2.24) is 4.98 Å². The molecule has 2 heteroatoms. The van der Waals surface area contributed by atoms with Gasteiger partial charge in [-0.15, -0.1) is 0 Å². The van der Waals surface area contributed by atoms with Gasteiger partial charge in [-0.05, 0) is 77.5 Å². The van der Waals surface area contributed by atoms with Gasteiger partial charge in [0.1, 0.15) is 5.69 Å².